The van der Waals surface area contributed by atoms with Gasteiger partial charge < -0.3 is 10.3 Å². The molecular weight excluding hydrogens is 308 g/mol. The fraction of sp³-hybridized carbons (Fsp3) is 0.222. The van der Waals surface area contributed by atoms with Gasteiger partial charge in [-0.15, -0.1) is 11.3 Å². The van der Waals surface area contributed by atoms with Crippen LogP contribution in [0.3, 0.4) is 0 Å². The molecule has 0 saturated carbocycles. The zero-order valence-corrected chi connectivity index (χ0v) is 12.0. The SMILES string of the molecule is NC(=S)c1ccc(S(=O)(=O)NCCc2ncon2)s1. The van der Waals surface area contributed by atoms with Gasteiger partial charge in [0, 0.05) is 13.0 Å². The van der Waals surface area contributed by atoms with E-state index in [0.717, 1.165) is 11.3 Å². The van der Waals surface area contributed by atoms with E-state index in [-0.39, 0.29) is 15.7 Å². The Labute approximate surface area is 118 Å². The van der Waals surface area contributed by atoms with E-state index in [1.807, 2.05) is 0 Å². The summed E-state index contributed by atoms with van der Waals surface area (Å²) in [6, 6.07) is 3.05. The van der Waals surface area contributed by atoms with Crippen LogP contribution in [0.15, 0.2) is 27.3 Å². The molecule has 0 radical (unpaired) electrons. The van der Waals surface area contributed by atoms with Crippen molar-refractivity contribution in [2.75, 3.05) is 6.54 Å². The van der Waals surface area contributed by atoms with Crippen LogP contribution < -0.4 is 10.5 Å². The van der Waals surface area contributed by atoms with E-state index in [0.29, 0.717) is 17.1 Å². The molecule has 3 N–H and O–H groups in total. The van der Waals surface area contributed by atoms with Crippen LogP contribution in [0.4, 0.5) is 0 Å². The third-order valence-corrected chi connectivity index (χ3v) is 5.56. The Hall–Kier alpha value is -1.36. The fourth-order valence-corrected chi connectivity index (χ4v) is 3.70. The first-order valence-corrected chi connectivity index (χ1v) is 7.84. The second-order valence-electron chi connectivity index (χ2n) is 3.48. The monoisotopic (exact) mass is 318 g/mol. The average Bonchev–Trinajstić information content (AvgIpc) is 2.99. The van der Waals surface area contributed by atoms with Gasteiger partial charge in [-0.2, -0.15) is 4.98 Å². The number of aromatic nitrogens is 2. The molecule has 10 heteroatoms. The molecule has 0 aromatic carbocycles. The predicted octanol–water partition coefficient (Wildman–Crippen LogP) is 0.286. The minimum absolute atomic E-state index is 0.170. The van der Waals surface area contributed by atoms with Crippen molar-refractivity contribution >= 4 is 38.6 Å². The molecule has 0 amide bonds. The molecule has 0 saturated heterocycles. The standard InChI is InChI=1S/C9H10N4O3S3/c10-9(17)6-1-2-8(18-6)19(14,15)12-4-3-7-11-5-16-13-7/h1-2,5,12H,3-4H2,(H2,10,17). The first-order valence-electron chi connectivity index (χ1n) is 5.13. The summed E-state index contributed by atoms with van der Waals surface area (Å²) in [7, 11) is -3.56. The lowest BCUT2D eigenvalue weighted by Gasteiger charge is -2.02. The number of nitrogens with one attached hydrogen (secondary N) is 1. The Kier molecular flexibility index (Phi) is 4.24. The maximum Gasteiger partial charge on any atom is 0.250 e. The summed E-state index contributed by atoms with van der Waals surface area (Å²) in [5.74, 6) is 0.442. The Balaban J connectivity index is 1.99. The van der Waals surface area contributed by atoms with Crippen LogP contribution in [-0.4, -0.2) is 30.1 Å². The molecular formula is C9H10N4O3S3. The van der Waals surface area contributed by atoms with Crippen molar-refractivity contribution in [1.82, 2.24) is 14.9 Å². The lowest BCUT2D eigenvalue weighted by molar-refractivity contribution is 0.410. The minimum Gasteiger partial charge on any atom is -0.389 e. The molecule has 0 spiro atoms. The van der Waals surface area contributed by atoms with Gasteiger partial charge in [0.2, 0.25) is 16.4 Å². The van der Waals surface area contributed by atoms with Crippen molar-refractivity contribution in [2.45, 2.75) is 10.6 Å². The maximum atomic E-state index is 11.9. The normalized spacial score (nSPS) is 11.6. The molecule has 7 nitrogen and oxygen atoms in total. The average molecular weight is 318 g/mol. The van der Waals surface area contributed by atoms with Gasteiger partial charge in [0.05, 0.1) is 4.88 Å². The lowest BCUT2D eigenvalue weighted by Crippen LogP contribution is -2.25. The van der Waals surface area contributed by atoms with Gasteiger partial charge in [0.1, 0.15) is 9.20 Å². The number of nitrogens with two attached hydrogens (primary N) is 1. The van der Waals surface area contributed by atoms with Gasteiger partial charge in [0.15, 0.2) is 5.82 Å². The molecule has 0 unspecified atom stereocenters. The van der Waals surface area contributed by atoms with Crippen LogP contribution in [0, 0.1) is 0 Å². The maximum absolute atomic E-state index is 11.9. The van der Waals surface area contributed by atoms with Crippen molar-refractivity contribution in [3.05, 3.63) is 29.2 Å². The molecule has 19 heavy (non-hydrogen) atoms. The van der Waals surface area contributed by atoms with Crippen molar-refractivity contribution in [1.29, 1.82) is 0 Å². The van der Waals surface area contributed by atoms with E-state index in [1.54, 1.807) is 6.07 Å². The number of rotatable bonds is 6. The molecule has 2 heterocycles. The first-order chi connectivity index (χ1) is 8.99. The number of sulfonamides is 1. The van der Waals surface area contributed by atoms with Gasteiger partial charge in [-0.1, -0.05) is 17.4 Å². The molecule has 0 aliphatic rings. The summed E-state index contributed by atoms with van der Waals surface area (Å²) in [5.41, 5.74) is 5.43. The van der Waals surface area contributed by atoms with Gasteiger partial charge in [-0.3, -0.25) is 0 Å². The summed E-state index contributed by atoms with van der Waals surface area (Å²) in [6.45, 7) is 0.183. The van der Waals surface area contributed by atoms with Crippen LogP contribution in [0.5, 0.6) is 0 Å². The molecule has 2 rings (SSSR count). The van der Waals surface area contributed by atoms with Crippen LogP contribution >= 0.6 is 23.6 Å². The highest BCUT2D eigenvalue weighted by atomic mass is 32.2. The highest BCUT2D eigenvalue weighted by Gasteiger charge is 2.17. The summed E-state index contributed by atoms with van der Waals surface area (Å²) in [4.78, 5) is 4.53. The van der Waals surface area contributed by atoms with Crippen LogP contribution in [0.25, 0.3) is 0 Å². The highest BCUT2D eigenvalue weighted by molar-refractivity contribution is 7.91. The Morgan fingerprint density at radius 1 is 1.53 bits per heavy atom. The third-order valence-electron chi connectivity index (χ3n) is 2.14. The molecule has 0 atom stereocenters. The van der Waals surface area contributed by atoms with Crippen molar-refractivity contribution in [3.63, 3.8) is 0 Å². The largest absolute Gasteiger partial charge is 0.389 e. The second-order valence-corrected chi connectivity index (χ2v) is 7.00. The Morgan fingerprint density at radius 2 is 2.32 bits per heavy atom. The number of nitrogens with zero attached hydrogens (tertiary/aromatic N) is 2. The van der Waals surface area contributed by atoms with Crippen LogP contribution in [-0.2, 0) is 16.4 Å². The molecule has 0 aliphatic carbocycles. The van der Waals surface area contributed by atoms with Crippen LogP contribution in [0.2, 0.25) is 0 Å². The third kappa shape index (κ3) is 3.56. The van der Waals surface area contributed by atoms with E-state index in [2.05, 4.69) is 19.4 Å². The van der Waals surface area contributed by atoms with Gasteiger partial charge in [-0.05, 0) is 12.1 Å². The molecule has 0 fully saturated rings. The van der Waals surface area contributed by atoms with E-state index in [4.69, 9.17) is 18.0 Å². The number of hydrogen-bond acceptors (Lipinski definition) is 7. The molecule has 2 aromatic rings. The quantitative estimate of drug-likeness (QED) is 0.736. The van der Waals surface area contributed by atoms with E-state index in [9.17, 15) is 8.42 Å². The molecule has 0 bridgehead atoms. The number of thiophene rings is 1. The minimum atomic E-state index is -3.56. The summed E-state index contributed by atoms with van der Waals surface area (Å²) in [6.07, 6.45) is 1.54. The topological polar surface area (TPSA) is 111 Å². The molecule has 2 aromatic heterocycles. The molecule has 0 aliphatic heterocycles. The van der Waals surface area contributed by atoms with Gasteiger partial charge in [0.25, 0.3) is 0 Å². The lowest BCUT2D eigenvalue weighted by atomic mass is 10.4. The van der Waals surface area contributed by atoms with Gasteiger partial charge in [-0.25, -0.2) is 13.1 Å². The van der Waals surface area contributed by atoms with Gasteiger partial charge >= 0.3 is 0 Å². The highest BCUT2D eigenvalue weighted by Crippen LogP contribution is 2.21. The second kappa shape index (κ2) is 5.74. The van der Waals surface area contributed by atoms with E-state index in [1.165, 1.54) is 12.5 Å². The number of hydrogen-bond donors (Lipinski definition) is 2. The fourth-order valence-electron chi connectivity index (χ4n) is 1.27. The Bertz CT molecular complexity index is 663. The smallest absolute Gasteiger partial charge is 0.250 e. The van der Waals surface area contributed by atoms with E-state index >= 15 is 0 Å². The number of thiocarbonyl (C=S) groups is 1. The zero-order chi connectivity index (χ0) is 13.9. The van der Waals surface area contributed by atoms with E-state index < -0.39 is 10.0 Å². The Morgan fingerprint density at radius 3 is 2.89 bits per heavy atom. The molecule has 102 valence electrons. The predicted molar refractivity (Wildman–Crippen MR) is 73.4 cm³/mol. The summed E-state index contributed by atoms with van der Waals surface area (Å²) in [5, 5.41) is 3.58. The van der Waals surface area contributed by atoms with Crippen LogP contribution in [0.1, 0.15) is 10.7 Å². The summed E-state index contributed by atoms with van der Waals surface area (Å²) >= 11 is 5.82. The first kappa shape index (κ1) is 14.1. The van der Waals surface area contributed by atoms with Crippen molar-refractivity contribution in [3.8, 4) is 0 Å². The van der Waals surface area contributed by atoms with Crippen molar-refractivity contribution < 1.29 is 12.9 Å². The van der Waals surface area contributed by atoms with Crippen molar-refractivity contribution in [2.24, 2.45) is 5.73 Å². The summed E-state index contributed by atoms with van der Waals surface area (Å²) < 4.78 is 31.1. The zero-order valence-electron chi connectivity index (χ0n) is 9.57.